The lowest BCUT2D eigenvalue weighted by molar-refractivity contribution is 0.147. The molecule has 7 nitrogen and oxygen atoms in total. The first-order chi connectivity index (χ1) is 12.2. The van der Waals surface area contributed by atoms with Crippen molar-refractivity contribution in [2.45, 2.75) is 52.1 Å². The van der Waals surface area contributed by atoms with E-state index in [4.69, 9.17) is 0 Å². The zero-order valence-corrected chi connectivity index (χ0v) is 17.1. The van der Waals surface area contributed by atoms with Gasteiger partial charge in [0.15, 0.2) is 5.65 Å². The number of nitrogens with zero attached hydrogens (tertiary/aromatic N) is 6. The Morgan fingerprint density at radius 1 is 1.04 bits per heavy atom. The van der Waals surface area contributed by atoms with Crippen LogP contribution in [0.4, 0.5) is 5.82 Å². The highest BCUT2D eigenvalue weighted by atomic mass is 15.3. The van der Waals surface area contributed by atoms with E-state index in [1.54, 1.807) is 6.33 Å². The Morgan fingerprint density at radius 2 is 1.73 bits per heavy atom. The Kier molecular flexibility index (Phi) is 5.21. The van der Waals surface area contributed by atoms with Gasteiger partial charge in [-0.1, -0.05) is 0 Å². The van der Waals surface area contributed by atoms with Crippen molar-refractivity contribution in [1.29, 1.82) is 0 Å². The van der Waals surface area contributed by atoms with E-state index in [1.165, 1.54) is 0 Å². The summed E-state index contributed by atoms with van der Waals surface area (Å²) in [6.07, 6.45) is 4.57. The third kappa shape index (κ3) is 4.32. The smallest absolute Gasteiger partial charge is 0.163 e. The van der Waals surface area contributed by atoms with Crippen molar-refractivity contribution in [2.75, 3.05) is 45.1 Å². The molecule has 1 N–H and O–H groups in total. The first-order valence-electron chi connectivity index (χ1n) is 9.54. The molecule has 1 fully saturated rings. The second-order valence-corrected chi connectivity index (χ2v) is 9.09. The Balaban J connectivity index is 1.70. The lowest BCUT2D eigenvalue weighted by Gasteiger charge is -2.35. The maximum absolute atomic E-state index is 4.55. The Hall–Kier alpha value is -1.73. The van der Waals surface area contributed by atoms with E-state index in [1.807, 2.05) is 10.9 Å². The molecule has 0 amide bonds. The van der Waals surface area contributed by atoms with Crippen LogP contribution in [0.15, 0.2) is 12.5 Å². The molecule has 0 unspecified atom stereocenters. The van der Waals surface area contributed by atoms with Crippen molar-refractivity contribution in [1.82, 2.24) is 29.5 Å². The first kappa shape index (κ1) is 19.0. The van der Waals surface area contributed by atoms with E-state index in [0.717, 1.165) is 56.0 Å². The molecule has 144 valence electrons. The van der Waals surface area contributed by atoms with Crippen LogP contribution in [0.2, 0.25) is 0 Å². The number of fused-ring (bicyclic) bond motifs is 1. The highest BCUT2D eigenvalue weighted by Crippen LogP contribution is 2.26. The molecular weight excluding hydrogens is 326 g/mol. The summed E-state index contributed by atoms with van der Waals surface area (Å²) in [5.41, 5.74) is 0.726. The van der Waals surface area contributed by atoms with Crippen LogP contribution in [0.25, 0.3) is 11.0 Å². The lowest BCUT2D eigenvalue weighted by Crippen LogP contribution is -2.46. The number of aromatic nitrogens is 4. The van der Waals surface area contributed by atoms with E-state index in [-0.39, 0.29) is 11.1 Å². The molecule has 0 spiro atoms. The predicted octanol–water partition coefficient (Wildman–Crippen LogP) is 2.41. The van der Waals surface area contributed by atoms with Gasteiger partial charge < -0.3 is 15.1 Å². The maximum atomic E-state index is 4.55. The number of likely N-dealkylation sites (N-methyl/N-ethyl adjacent to an activating group) is 1. The van der Waals surface area contributed by atoms with Crippen molar-refractivity contribution < 1.29 is 0 Å². The fraction of sp³-hybridized carbons (Fsp3) is 0.737. The second-order valence-electron chi connectivity index (χ2n) is 9.09. The van der Waals surface area contributed by atoms with Crippen molar-refractivity contribution in [3.05, 3.63) is 12.5 Å². The van der Waals surface area contributed by atoms with Crippen LogP contribution >= 0.6 is 0 Å². The number of nitrogens with one attached hydrogen (secondary N) is 1. The normalized spacial score (nSPS) is 17.8. The predicted molar refractivity (Wildman–Crippen MR) is 107 cm³/mol. The molecular formula is C19H33N7. The Labute approximate surface area is 156 Å². The van der Waals surface area contributed by atoms with E-state index in [0.29, 0.717) is 0 Å². The van der Waals surface area contributed by atoms with Crippen LogP contribution in [0.5, 0.6) is 0 Å². The largest absolute Gasteiger partial charge is 0.364 e. The quantitative estimate of drug-likeness (QED) is 0.885. The third-order valence-electron chi connectivity index (χ3n) is 5.11. The lowest BCUT2D eigenvalue weighted by atomic mass is 10.00. The van der Waals surface area contributed by atoms with Gasteiger partial charge in [0, 0.05) is 38.3 Å². The molecule has 0 aliphatic carbocycles. The fourth-order valence-corrected chi connectivity index (χ4v) is 3.33. The number of rotatable bonds is 5. The van der Waals surface area contributed by atoms with Gasteiger partial charge in [-0.2, -0.15) is 5.10 Å². The maximum Gasteiger partial charge on any atom is 0.163 e. The van der Waals surface area contributed by atoms with Gasteiger partial charge in [0.2, 0.25) is 0 Å². The molecule has 2 aromatic rings. The van der Waals surface area contributed by atoms with Crippen LogP contribution in [0.3, 0.4) is 0 Å². The average molecular weight is 360 g/mol. The summed E-state index contributed by atoms with van der Waals surface area (Å²) < 4.78 is 1.96. The van der Waals surface area contributed by atoms with Gasteiger partial charge in [0.1, 0.15) is 12.1 Å². The van der Waals surface area contributed by atoms with E-state index < -0.39 is 0 Å². The molecule has 1 aliphatic rings. The van der Waals surface area contributed by atoms with Crippen molar-refractivity contribution >= 4 is 16.9 Å². The van der Waals surface area contributed by atoms with Crippen molar-refractivity contribution in [3.8, 4) is 0 Å². The van der Waals surface area contributed by atoms with Crippen molar-refractivity contribution in [3.63, 3.8) is 0 Å². The van der Waals surface area contributed by atoms with Crippen LogP contribution in [-0.2, 0) is 5.54 Å². The summed E-state index contributed by atoms with van der Waals surface area (Å²) in [7, 11) is 2.20. The highest BCUT2D eigenvalue weighted by Gasteiger charge is 2.24. The zero-order chi connectivity index (χ0) is 18.9. The van der Waals surface area contributed by atoms with E-state index in [2.05, 4.69) is 71.8 Å². The fourth-order valence-electron chi connectivity index (χ4n) is 3.33. The number of anilines is 1. The van der Waals surface area contributed by atoms with Gasteiger partial charge in [-0.05, 0) is 48.1 Å². The number of hydrogen-bond acceptors (Lipinski definition) is 6. The van der Waals surface area contributed by atoms with Crippen LogP contribution < -0.4 is 5.32 Å². The SMILES string of the molecule is CN1CCN(CCC(C)(C)Nc2ncnc3c2cnn3C(C)(C)C)CC1. The Morgan fingerprint density at radius 3 is 2.38 bits per heavy atom. The summed E-state index contributed by atoms with van der Waals surface area (Å²) >= 11 is 0. The molecule has 0 atom stereocenters. The summed E-state index contributed by atoms with van der Waals surface area (Å²) in [6.45, 7) is 16.6. The average Bonchev–Trinajstić information content (AvgIpc) is 2.99. The third-order valence-corrected chi connectivity index (χ3v) is 5.11. The topological polar surface area (TPSA) is 62.1 Å². The standard InChI is InChI=1S/C19H33N7/c1-18(2,3)26-17-15(13-22-26)16(20-14-21-17)23-19(4,5)7-8-25-11-9-24(6)10-12-25/h13-14H,7-12H2,1-6H3,(H,20,21,23). The molecule has 0 aromatic carbocycles. The van der Waals surface area contributed by atoms with Gasteiger partial charge in [-0.3, -0.25) is 0 Å². The monoisotopic (exact) mass is 359 g/mol. The molecule has 3 rings (SSSR count). The summed E-state index contributed by atoms with van der Waals surface area (Å²) in [4.78, 5) is 13.9. The highest BCUT2D eigenvalue weighted by molar-refractivity contribution is 5.86. The number of piperazine rings is 1. The molecule has 7 heteroatoms. The van der Waals surface area contributed by atoms with Crippen LogP contribution in [0, 0.1) is 0 Å². The molecule has 0 bridgehead atoms. The summed E-state index contributed by atoms with van der Waals surface area (Å²) in [6, 6.07) is 0. The first-order valence-corrected chi connectivity index (χ1v) is 9.54. The van der Waals surface area contributed by atoms with Crippen molar-refractivity contribution in [2.24, 2.45) is 0 Å². The summed E-state index contributed by atoms with van der Waals surface area (Å²) in [5.74, 6) is 0.869. The van der Waals surface area contributed by atoms with Gasteiger partial charge in [-0.15, -0.1) is 0 Å². The van der Waals surface area contributed by atoms with E-state index in [9.17, 15) is 0 Å². The minimum atomic E-state index is -0.107. The van der Waals surface area contributed by atoms with Gasteiger partial charge in [0.05, 0.1) is 17.1 Å². The van der Waals surface area contributed by atoms with Crippen LogP contribution in [-0.4, -0.2) is 74.9 Å². The van der Waals surface area contributed by atoms with Gasteiger partial charge >= 0.3 is 0 Å². The molecule has 0 radical (unpaired) electrons. The second kappa shape index (κ2) is 7.12. The molecule has 1 saturated heterocycles. The number of hydrogen-bond donors (Lipinski definition) is 1. The minimum Gasteiger partial charge on any atom is -0.364 e. The molecule has 26 heavy (non-hydrogen) atoms. The minimum absolute atomic E-state index is 0.0472. The molecule has 2 aromatic heterocycles. The summed E-state index contributed by atoms with van der Waals surface area (Å²) in [5, 5.41) is 9.16. The molecule has 3 heterocycles. The zero-order valence-electron chi connectivity index (χ0n) is 17.1. The van der Waals surface area contributed by atoms with Crippen LogP contribution in [0.1, 0.15) is 41.0 Å². The van der Waals surface area contributed by atoms with E-state index >= 15 is 0 Å². The molecule has 0 saturated carbocycles. The Bertz CT molecular complexity index is 736. The van der Waals surface area contributed by atoms with Gasteiger partial charge in [-0.25, -0.2) is 14.6 Å². The molecule has 1 aliphatic heterocycles. The van der Waals surface area contributed by atoms with Gasteiger partial charge in [0.25, 0.3) is 0 Å².